The van der Waals surface area contributed by atoms with Crippen LogP contribution in [0.4, 0.5) is 0 Å². The molecule has 5 heteroatoms. The van der Waals surface area contributed by atoms with E-state index in [-0.39, 0.29) is 5.97 Å². The van der Waals surface area contributed by atoms with E-state index < -0.39 is 0 Å². The van der Waals surface area contributed by atoms with Gasteiger partial charge in [-0.15, -0.1) is 0 Å². The van der Waals surface area contributed by atoms with Crippen LogP contribution in [0.15, 0.2) is 29.5 Å². The zero-order chi connectivity index (χ0) is 14.5. The molecule has 20 heavy (non-hydrogen) atoms. The first-order valence-electron chi connectivity index (χ1n) is 6.64. The minimum absolute atomic E-state index is 0.305. The molecule has 0 bridgehead atoms. The summed E-state index contributed by atoms with van der Waals surface area (Å²) in [5, 5.41) is 1.01. The summed E-state index contributed by atoms with van der Waals surface area (Å²) in [4.78, 5) is 11.9. The lowest BCUT2D eigenvalue weighted by Gasteiger charge is -2.20. The van der Waals surface area contributed by atoms with Crippen LogP contribution in [0, 0.1) is 0 Å². The van der Waals surface area contributed by atoms with Crippen molar-refractivity contribution in [3.8, 4) is 5.75 Å². The van der Waals surface area contributed by atoms with Crippen molar-refractivity contribution in [2.75, 3.05) is 6.61 Å². The van der Waals surface area contributed by atoms with Gasteiger partial charge in [-0.3, -0.25) is 0 Å². The highest BCUT2D eigenvalue weighted by molar-refractivity contribution is 6.34. The van der Waals surface area contributed by atoms with Crippen LogP contribution in [-0.4, -0.2) is 12.6 Å². The molecule has 0 amide bonds. The number of ether oxygens (including phenoxy) is 2. The lowest BCUT2D eigenvalue weighted by molar-refractivity contribution is -0.139. The molecule has 0 aromatic heterocycles. The summed E-state index contributed by atoms with van der Waals surface area (Å²) >= 11 is 12.0. The van der Waals surface area contributed by atoms with E-state index >= 15 is 0 Å². The largest absolute Gasteiger partial charge is 0.463 e. The third-order valence-corrected chi connectivity index (χ3v) is 3.61. The number of benzene rings is 1. The molecule has 0 heterocycles. The van der Waals surface area contributed by atoms with E-state index in [0.29, 0.717) is 46.6 Å². The topological polar surface area (TPSA) is 35.5 Å². The summed E-state index contributed by atoms with van der Waals surface area (Å²) in [6, 6.07) is 5.01. The zero-order valence-corrected chi connectivity index (χ0v) is 12.8. The molecule has 0 atom stereocenters. The predicted molar refractivity (Wildman–Crippen MR) is 79.2 cm³/mol. The van der Waals surface area contributed by atoms with E-state index in [1.54, 1.807) is 25.1 Å². The lowest BCUT2D eigenvalue weighted by atomic mass is 9.97. The van der Waals surface area contributed by atoms with Gasteiger partial charge in [0.05, 0.1) is 17.2 Å². The Morgan fingerprint density at radius 3 is 2.75 bits per heavy atom. The van der Waals surface area contributed by atoms with Gasteiger partial charge in [-0.05, 0) is 38.3 Å². The second-order valence-corrected chi connectivity index (χ2v) is 5.35. The van der Waals surface area contributed by atoms with Crippen LogP contribution in [0.3, 0.4) is 0 Å². The van der Waals surface area contributed by atoms with Gasteiger partial charge in [-0.25, -0.2) is 4.79 Å². The van der Waals surface area contributed by atoms with Crippen molar-refractivity contribution in [2.45, 2.75) is 32.6 Å². The fourth-order valence-electron chi connectivity index (χ4n) is 2.11. The maximum absolute atomic E-state index is 11.9. The average Bonchev–Trinajstić information content (AvgIpc) is 2.44. The number of allylic oxidation sites excluding steroid dienone is 1. The zero-order valence-electron chi connectivity index (χ0n) is 11.2. The Kier molecular flexibility index (Phi) is 5.32. The Bertz CT molecular complexity index is 538. The van der Waals surface area contributed by atoms with Crippen LogP contribution >= 0.6 is 23.2 Å². The summed E-state index contributed by atoms with van der Waals surface area (Å²) in [5.41, 5.74) is 0.606. The van der Waals surface area contributed by atoms with Gasteiger partial charge in [0.15, 0.2) is 0 Å². The van der Waals surface area contributed by atoms with E-state index in [2.05, 4.69) is 0 Å². The maximum Gasteiger partial charge on any atom is 0.337 e. The van der Waals surface area contributed by atoms with E-state index in [1.165, 1.54) is 0 Å². The van der Waals surface area contributed by atoms with Crippen LogP contribution in [0.1, 0.15) is 32.6 Å². The van der Waals surface area contributed by atoms with E-state index in [0.717, 1.165) is 12.8 Å². The van der Waals surface area contributed by atoms with Crippen molar-refractivity contribution in [3.05, 3.63) is 39.6 Å². The molecule has 0 saturated heterocycles. The van der Waals surface area contributed by atoms with E-state index in [9.17, 15) is 4.79 Å². The molecule has 0 N–H and O–H groups in total. The Morgan fingerprint density at radius 2 is 2.00 bits per heavy atom. The molecule has 108 valence electrons. The Balaban J connectivity index is 2.27. The molecule has 1 aromatic carbocycles. The molecule has 3 nitrogen and oxygen atoms in total. The first kappa shape index (κ1) is 15.2. The van der Waals surface area contributed by atoms with Crippen molar-refractivity contribution in [2.24, 2.45) is 0 Å². The molecule has 0 fully saturated rings. The number of halogens is 2. The van der Waals surface area contributed by atoms with Crippen molar-refractivity contribution in [3.63, 3.8) is 0 Å². The number of esters is 1. The fraction of sp³-hybridized carbons (Fsp3) is 0.400. The highest BCUT2D eigenvalue weighted by atomic mass is 35.5. The Labute approximate surface area is 128 Å². The van der Waals surface area contributed by atoms with Gasteiger partial charge in [-0.1, -0.05) is 23.2 Å². The number of hydrogen-bond acceptors (Lipinski definition) is 3. The summed E-state index contributed by atoms with van der Waals surface area (Å²) in [6.45, 7) is 2.14. The quantitative estimate of drug-likeness (QED) is 0.751. The summed E-state index contributed by atoms with van der Waals surface area (Å²) in [5.74, 6) is 0.803. The standard InChI is InChI=1S/C15H16Cl2O3/c1-2-19-15(18)11-5-3-4-6-13(11)20-14-9-10(16)7-8-12(14)17/h7-9H,2-6H2,1H3. The number of rotatable bonds is 4. The van der Waals surface area contributed by atoms with Gasteiger partial charge in [0.25, 0.3) is 0 Å². The monoisotopic (exact) mass is 314 g/mol. The van der Waals surface area contributed by atoms with Crippen LogP contribution in [0.2, 0.25) is 10.0 Å². The molecule has 0 radical (unpaired) electrons. The number of carbonyl (C=O) groups is 1. The van der Waals surface area contributed by atoms with Crippen LogP contribution in [-0.2, 0) is 9.53 Å². The minimum atomic E-state index is -0.305. The summed E-state index contributed by atoms with van der Waals surface area (Å²) < 4.78 is 10.9. The molecule has 0 saturated carbocycles. The summed E-state index contributed by atoms with van der Waals surface area (Å²) in [6.07, 6.45) is 3.32. The van der Waals surface area contributed by atoms with Crippen molar-refractivity contribution >= 4 is 29.2 Å². The molecule has 2 rings (SSSR count). The van der Waals surface area contributed by atoms with Gasteiger partial charge < -0.3 is 9.47 Å². The van der Waals surface area contributed by atoms with Crippen LogP contribution in [0.5, 0.6) is 5.75 Å². The smallest absolute Gasteiger partial charge is 0.337 e. The molecule has 1 aliphatic rings. The van der Waals surface area contributed by atoms with Crippen LogP contribution < -0.4 is 4.74 Å². The van der Waals surface area contributed by atoms with Crippen molar-refractivity contribution in [1.29, 1.82) is 0 Å². The minimum Gasteiger partial charge on any atom is -0.463 e. The molecule has 1 aromatic rings. The first-order valence-corrected chi connectivity index (χ1v) is 7.39. The molecule has 0 spiro atoms. The second kappa shape index (κ2) is 7.00. The van der Waals surface area contributed by atoms with Gasteiger partial charge in [-0.2, -0.15) is 0 Å². The first-order chi connectivity index (χ1) is 9.61. The molecule has 1 aliphatic carbocycles. The molecule has 0 unspecified atom stereocenters. The third kappa shape index (κ3) is 3.68. The maximum atomic E-state index is 11.9. The van der Waals surface area contributed by atoms with Gasteiger partial charge in [0, 0.05) is 17.5 Å². The number of carbonyl (C=O) groups excluding carboxylic acids is 1. The highest BCUT2D eigenvalue weighted by Gasteiger charge is 2.22. The molecular weight excluding hydrogens is 299 g/mol. The normalized spacial score (nSPS) is 15.2. The van der Waals surface area contributed by atoms with Crippen LogP contribution in [0.25, 0.3) is 0 Å². The lowest BCUT2D eigenvalue weighted by Crippen LogP contribution is -2.16. The molecular formula is C15H16Cl2O3. The third-order valence-electron chi connectivity index (χ3n) is 3.07. The Hall–Kier alpha value is -1.19. The average molecular weight is 315 g/mol. The van der Waals surface area contributed by atoms with Gasteiger partial charge in [0.2, 0.25) is 0 Å². The predicted octanol–water partition coefficient (Wildman–Crippen LogP) is 4.76. The number of hydrogen-bond donors (Lipinski definition) is 0. The summed E-state index contributed by atoms with van der Waals surface area (Å²) in [7, 11) is 0. The fourth-order valence-corrected chi connectivity index (χ4v) is 2.43. The SMILES string of the molecule is CCOC(=O)C1=C(Oc2cc(Cl)ccc2Cl)CCCC1. The molecule has 0 aliphatic heterocycles. The Morgan fingerprint density at radius 1 is 1.25 bits per heavy atom. The highest BCUT2D eigenvalue weighted by Crippen LogP contribution is 2.33. The van der Waals surface area contributed by atoms with Gasteiger partial charge >= 0.3 is 5.97 Å². The second-order valence-electron chi connectivity index (χ2n) is 4.51. The van der Waals surface area contributed by atoms with Crippen molar-refractivity contribution < 1.29 is 14.3 Å². The van der Waals surface area contributed by atoms with Gasteiger partial charge in [0.1, 0.15) is 11.5 Å². The van der Waals surface area contributed by atoms with Crippen molar-refractivity contribution in [1.82, 2.24) is 0 Å². The van der Waals surface area contributed by atoms with E-state index in [1.807, 2.05) is 0 Å². The van der Waals surface area contributed by atoms with E-state index in [4.69, 9.17) is 32.7 Å².